The summed E-state index contributed by atoms with van der Waals surface area (Å²) < 4.78 is 2.21. The summed E-state index contributed by atoms with van der Waals surface area (Å²) in [6.07, 6.45) is 6.75. The zero-order chi connectivity index (χ0) is 13.5. The highest BCUT2D eigenvalue weighted by Gasteiger charge is 2.19. The van der Waals surface area contributed by atoms with E-state index in [0.717, 1.165) is 25.8 Å². The fourth-order valence-electron chi connectivity index (χ4n) is 2.53. The molecule has 1 unspecified atom stereocenters. The van der Waals surface area contributed by atoms with Crippen LogP contribution in [0, 0.1) is 0 Å². The summed E-state index contributed by atoms with van der Waals surface area (Å²) in [6.45, 7) is 9.81. The van der Waals surface area contributed by atoms with Crippen LogP contribution in [0.3, 0.4) is 0 Å². The van der Waals surface area contributed by atoms with Gasteiger partial charge in [0.2, 0.25) is 0 Å². The van der Waals surface area contributed by atoms with E-state index in [1.54, 1.807) is 0 Å². The summed E-state index contributed by atoms with van der Waals surface area (Å²) >= 11 is 0. The standard InChI is InChI=1S/C15H29N3/c1-5-9-10-11-18-14(8-4)15(12(16)6-2)13(7-3)17-18/h12H,5-11,16H2,1-4H3. The molecule has 0 saturated carbocycles. The molecule has 0 aliphatic heterocycles. The van der Waals surface area contributed by atoms with E-state index in [9.17, 15) is 0 Å². The molecule has 1 aromatic rings. The lowest BCUT2D eigenvalue weighted by Crippen LogP contribution is -2.13. The van der Waals surface area contributed by atoms with Gasteiger partial charge in [0.05, 0.1) is 5.69 Å². The Bertz CT molecular complexity index is 355. The van der Waals surface area contributed by atoms with Gasteiger partial charge in [-0.25, -0.2) is 0 Å². The van der Waals surface area contributed by atoms with E-state index >= 15 is 0 Å². The highest BCUT2D eigenvalue weighted by Crippen LogP contribution is 2.24. The fourth-order valence-corrected chi connectivity index (χ4v) is 2.53. The molecule has 0 aliphatic rings. The van der Waals surface area contributed by atoms with Crippen LogP contribution in [0.1, 0.15) is 76.4 Å². The molecule has 2 N–H and O–H groups in total. The van der Waals surface area contributed by atoms with Gasteiger partial charge in [-0.1, -0.05) is 40.5 Å². The minimum absolute atomic E-state index is 0.148. The number of unbranched alkanes of at least 4 members (excludes halogenated alkanes) is 2. The number of aryl methyl sites for hydroxylation is 2. The number of hydrogen-bond acceptors (Lipinski definition) is 2. The van der Waals surface area contributed by atoms with Gasteiger partial charge in [0.1, 0.15) is 0 Å². The Morgan fingerprint density at radius 2 is 1.83 bits per heavy atom. The predicted molar refractivity (Wildman–Crippen MR) is 77.7 cm³/mol. The lowest BCUT2D eigenvalue weighted by Gasteiger charge is -2.12. The second-order valence-electron chi connectivity index (χ2n) is 4.96. The molecule has 0 bridgehead atoms. The van der Waals surface area contributed by atoms with Gasteiger partial charge in [-0.05, 0) is 25.7 Å². The van der Waals surface area contributed by atoms with Crippen LogP contribution >= 0.6 is 0 Å². The van der Waals surface area contributed by atoms with Crippen LogP contribution in [0.5, 0.6) is 0 Å². The lowest BCUT2D eigenvalue weighted by atomic mass is 10.00. The van der Waals surface area contributed by atoms with Crippen molar-refractivity contribution >= 4 is 0 Å². The summed E-state index contributed by atoms with van der Waals surface area (Å²) in [5.41, 5.74) is 10.1. The minimum atomic E-state index is 0.148. The normalized spacial score (nSPS) is 12.9. The van der Waals surface area contributed by atoms with Crippen LogP contribution in [0.2, 0.25) is 0 Å². The Hall–Kier alpha value is -0.830. The maximum absolute atomic E-state index is 6.26. The average molecular weight is 251 g/mol. The molecule has 3 heteroatoms. The molecule has 3 nitrogen and oxygen atoms in total. The van der Waals surface area contributed by atoms with E-state index in [2.05, 4.69) is 32.4 Å². The third-order valence-corrected chi connectivity index (χ3v) is 3.63. The monoisotopic (exact) mass is 251 g/mol. The van der Waals surface area contributed by atoms with E-state index in [4.69, 9.17) is 10.8 Å². The van der Waals surface area contributed by atoms with Crippen LogP contribution in [0.4, 0.5) is 0 Å². The molecule has 0 spiro atoms. The second-order valence-corrected chi connectivity index (χ2v) is 4.96. The molecule has 104 valence electrons. The summed E-state index contributed by atoms with van der Waals surface area (Å²) in [7, 11) is 0. The van der Waals surface area contributed by atoms with Gasteiger partial charge in [0.25, 0.3) is 0 Å². The van der Waals surface area contributed by atoms with E-state index in [1.165, 1.54) is 36.2 Å². The Morgan fingerprint density at radius 3 is 2.33 bits per heavy atom. The number of aromatic nitrogens is 2. The molecule has 0 fully saturated rings. The van der Waals surface area contributed by atoms with Gasteiger partial charge < -0.3 is 5.73 Å². The molecular weight excluding hydrogens is 222 g/mol. The van der Waals surface area contributed by atoms with Crippen molar-refractivity contribution in [3.8, 4) is 0 Å². The molecule has 0 amide bonds. The molecule has 18 heavy (non-hydrogen) atoms. The van der Waals surface area contributed by atoms with Crippen LogP contribution in [0.15, 0.2) is 0 Å². The maximum Gasteiger partial charge on any atom is 0.0672 e. The number of hydrogen-bond donors (Lipinski definition) is 1. The largest absolute Gasteiger partial charge is 0.324 e. The van der Waals surface area contributed by atoms with Crippen molar-refractivity contribution in [3.05, 3.63) is 17.0 Å². The summed E-state index contributed by atoms with van der Waals surface area (Å²) in [5, 5.41) is 4.78. The Labute approximate surface area is 112 Å². The van der Waals surface area contributed by atoms with Crippen LogP contribution in [-0.4, -0.2) is 9.78 Å². The van der Waals surface area contributed by atoms with Gasteiger partial charge >= 0.3 is 0 Å². The number of nitrogens with zero attached hydrogens (tertiary/aromatic N) is 2. The molecule has 1 heterocycles. The maximum atomic E-state index is 6.26. The predicted octanol–water partition coefficient (Wildman–Crippen LogP) is 3.61. The second kappa shape index (κ2) is 7.57. The smallest absolute Gasteiger partial charge is 0.0672 e. The highest BCUT2D eigenvalue weighted by atomic mass is 15.3. The van der Waals surface area contributed by atoms with Crippen molar-refractivity contribution in [1.29, 1.82) is 0 Å². The molecule has 0 aliphatic carbocycles. The zero-order valence-electron chi connectivity index (χ0n) is 12.5. The SMILES string of the molecule is CCCCCn1nc(CC)c(C(N)CC)c1CC. The van der Waals surface area contributed by atoms with E-state index in [-0.39, 0.29) is 6.04 Å². The van der Waals surface area contributed by atoms with Crippen molar-refractivity contribution in [3.63, 3.8) is 0 Å². The highest BCUT2D eigenvalue weighted by molar-refractivity contribution is 5.30. The van der Waals surface area contributed by atoms with E-state index in [0.29, 0.717) is 0 Å². The van der Waals surface area contributed by atoms with Gasteiger partial charge in [-0.3, -0.25) is 4.68 Å². The first-order valence-electron chi connectivity index (χ1n) is 7.53. The number of nitrogens with two attached hydrogens (primary N) is 1. The molecule has 0 saturated heterocycles. The number of rotatable bonds is 8. The first kappa shape index (κ1) is 15.2. The minimum Gasteiger partial charge on any atom is -0.324 e. The Morgan fingerprint density at radius 1 is 1.11 bits per heavy atom. The molecule has 1 rings (SSSR count). The van der Waals surface area contributed by atoms with Crippen molar-refractivity contribution in [2.45, 2.75) is 78.8 Å². The van der Waals surface area contributed by atoms with Crippen LogP contribution < -0.4 is 5.73 Å². The zero-order valence-corrected chi connectivity index (χ0v) is 12.5. The van der Waals surface area contributed by atoms with Crippen molar-refractivity contribution in [1.82, 2.24) is 9.78 Å². The first-order chi connectivity index (χ1) is 8.69. The summed E-state index contributed by atoms with van der Waals surface area (Å²) in [6, 6.07) is 0.148. The van der Waals surface area contributed by atoms with Crippen molar-refractivity contribution < 1.29 is 0 Å². The van der Waals surface area contributed by atoms with Gasteiger partial charge in [-0.2, -0.15) is 5.10 Å². The molecule has 1 aromatic heterocycles. The first-order valence-corrected chi connectivity index (χ1v) is 7.53. The quantitative estimate of drug-likeness (QED) is 0.717. The van der Waals surface area contributed by atoms with Crippen LogP contribution in [-0.2, 0) is 19.4 Å². The molecular formula is C15H29N3. The van der Waals surface area contributed by atoms with E-state index < -0.39 is 0 Å². The average Bonchev–Trinajstić information content (AvgIpc) is 2.75. The van der Waals surface area contributed by atoms with Crippen LogP contribution in [0.25, 0.3) is 0 Å². The van der Waals surface area contributed by atoms with Crippen molar-refractivity contribution in [2.75, 3.05) is 0 Å². The topological polar surface area (TPSA) is 43.8 Å². The third kappa shape index (κ3) is 3.35. The summed E-state index contributed by atoms with van der Waals surface area (Å²) in [4.78, 5) is 0. The summed E-state index contributed by atoms with van der Waals surface area (Å²) in [5.74, 6) is 0. The molecule has 0 aromatic carbocycles. The van der Waals surface area contributed by atoms with Crippen molar-refractivity contribution in [2.24, 2.45) is 5.73 Å². The molecule has 0 radical (unpaired) electrons. The fraction of sp³-hybridized carbons (Fsp3) is 0.800. The third-order valence-electron chi connectivity index (χ3n) is 3.63. The van der Waals surface area contributed by atoms with Gasteiger partial charge in [0.15, 0.2) is 0 Å². The molecule has 1 atom stereocenters. The van der Waals surface area contributed by atoms with Gasteiger partial charge in [0, 0.05) is 23.8 Å². The Balaban J connectivity index is 3.00. The van der Waals surface area contributed by atoms with Gasteiger partial charge in [-0.15, -0.1) is 0 Å². The lowest BCUT2D eigenvalue weighted by molar-refractivity contribution is 0.530. The van der Waals surface area contributed by atoms with E-state index in [1.807, 2.05) is 0 Å². The Kier molecular flexibility index (Phi) is 6.41.